The van der Waals surface area contributed by atoms with E-state index in [4.69, 9.17) is 43.6 Å². The fourth-order valence-electron chi connectivity index (χ4n) is 1.93. The quantitative estimate of drug-likeness (QED) is 0.516. The van der Waals surface area contributed by atoms with Crippen LogP contribution < -0.4 is 4.68 Å². The first-order valence-electron chi connectivity index (χ1n) is 6.04. The molecule has 0 saturated heterocycles. The Morgan fingerprint density at radius 3 is 2.57 bits per heavy atom. The molecule has 0 amide bonds. The van der Waals surface area contributed by atoms with E-state index in [0.717, 1.165) is 11.0 Å². The molecule has 0 aliphatic heterocycles. The van der Waals surface area contributed by atoms with E-state index in [2.05, 4.69) is 5.10 Å². The highest BCUT2D eigenvalue weighted by atomic mass is 35.6. The monoisotopic (exact) mass is 343 g/mol. The lowest BCUT2D eigenvalue weighted by molar-refractivity contribution is -0.738. The first-order chi connectivity index (χ1) is 9.93. The number of rotatable bonds is 2. The third kappa shape index (κ3) is 3.07. The molecule has 0 radical (unpaired) electrons. The van der Waals surface area contributed by atoms with Crippen LogP contribution in [-0.2, 0) is 10.8 Å². The molecule has 3 aromatic rings. The van der Waals surface area contributed by atoms with E-state index in [1.807, 2.05) is 30.3 Å². The number of furan rings is 1. The van der Waals surface area contributed by atoms with Gasteiger partial charge in [0, 0.05) is 16.6 Å². The molecule has 2 heterocycles. The molecule has 0 N–H and O–H groups in total. The van der Waals surface area contributed by atoms with Crippen molar-refractivity contribution in [3.8, 4) is 0 Å². The normalized spacial score (nSPS) is 12.6. The summed E-state index contributed by atoms with van der Waals surface area (Å²) in [4.78, 5) is 0. The van der Waals surface area contributed by atoms with E-state index in [1.165, 1.54) is 4.68 Å². The predicted molar refractivity (Wildman–Crippen MR) is 82.1 cm³/mol. The number of aryl methyl sites for hydroxylation is 1. The smallest absolute Gasteiger partial charge is 0.427 e. The number of para-hydroxylation sites is 1. The van der Waals surface area contributed by atoms with E-state index in [-0.39, 0.29) is 5.89 Å². The lowest BCUT2D eigenvalue weighted by atomic mass is 10.2. The Bertz CT molecular complexity index is 782. The third-order valence-electron chi connectivity index (χ3n) is 2.82. The number of aromatic nitrogens is 2. The zero-order valence-corrected chi connectivity index (χ0v) is 13.2. The lowest BCUT2D eigenvalue weighted by Gasteiger charge is -1.98. The Labute approximate surface area is 135 Å². The highest BCUT2D eigenvalue weighted by molar-refractivity contribution is 6.66. The fraction of sp³-hybridized carbons (Fsp3) is 0.143. The molecule has 0 aliphatic rings. The zero-order chi connectivity index (χ0) is 15.0. The Hall–Kier alpha value is -1.49. The van der Waals surface area contributed by atoms with Crippen LogP contribution in [0.3, 0.4) is 0 Å². The number of nitrogens with zero attached hydrogens (tertiary/aromatic N) is 2. The number of benzene rings is 1. The first-order valence-corrected chi connectivity index (χ1v) is 7.18. The topological polar surface area (TPSA) is 43.0 Å². The van der Waals surface area contributed by atoms with Crippen molar-refractivity contribution in [3.63, 3.8) is 0 Å². The number of halogens is 3. The van der Waals surface area contributed by atoms with Gasteiger partial charge in [-0.1, -0.05) is 53.0 Å². The summed E-state index contributed by atoms with van der Waals surface area (Å²) in [6.45, 7) is 0. The van der Waals surface area contributed by atoms with Crippen LogP contribution in [0.1, 0.15) is 17.5 Å². The van der Waals surface area contributed by atoms with Crippen molar-refractivity contribution in [1.82, 2.24) is 5.10 Å². The van der Waals surface area contributed by atoms with Crippen molar-refractivity contribution in [1.29, 1.82) is 0 Å². The summed E-state index contributed by atoms with van der Waals surface area (Å²) in [6.07, 6.45) is 3.39. The second-order valence-corrected chi connectivity index (χ2v) is 6.67. The molecule has 108 valence electrons. The molecule has 7 heteroatoms. The highest BCUT2D eigenvalue weighted by Crippen LogP contribution is 2.36. The van der Waals surface area contributed by atoms with Crippen LogP contribution in [0, 0.1) is 0 Å². The van der Waals surface area contributed by atoms with Gasteiger partial charge in [-0.3, -0.25) is 0 Å². The molecule has 0 bridgehead atoms. The maximum absolute atomic E-state index is 5.78. The summed E-state index contributed by atoms with van der Waals surface area (Å²) in [6, 6.07) is 9.67. The first kappa shape index (κ1) is 14.4. The van der Waals surface area contributed by atoms with Crippen molar-refractivity contribution in [2.45, 2.75) is 3.79 Å². The summed E-state index contributed by atoms with van der Waals surface area (Å²) < 4.78 is 10.8. The van der Waals surface area contributed by atoms with Crippen LogP contribution in [0.2, 0.25) is 0 Å². The summed E-state index contributed by atoms with van der Waals surface area (Å²) in [5, 5.41) is 5.14. The molecule has 0 fully saturated rings. The molecule has 0 aliphatic carbocycles. The minimum atomic E-state index is -1.66. The van der Waals surface area contributed by atoms with Gasteiger partial charge in [0.2, 0.25) is 0 Å². The maximum Gasteiger partial charge on any atom is 0.427 e. The summed E-state index contributed by atoms with van der Waals surface area (Å²) in [7, 11) is 1.64. The van der Waals surface area contributed by atoms with Gasteiger partial charge < -0.3 is 8.83 Å². The average molecular weight is 345 g/mol. The van der Waals surface area contributed by atoms with Crippen LogP contribution >= 0.6 is 34.8 Å². The van der Waals surface area contributed by atoms with Gasteiger partial charge >= 0.3 is 9.68 Å². The molecule has 0 saturated carbocycles. The van der Waals surface area contributed by atoms with Crippen LogP contribution in [0.4, 0.5) is 0 Å². The van der Waals surface area contributed by atoms with Gasteiger partial charge in [0.15, 0.2) is 7.05 Å². The number of hydrogen-bond donors (Lipinski definition) is 0. The second-order valence-electron chi connectivity index (χ2n) is 4.39. The predicted octanol–water partition coefficient (Wildman–Crippen LogP) is 4.24. The van der Waals surface area contributed by atoms with Crippen LogP contribution in [0.15, 0.2) is 39.2 Å². The van der Waals surface area contributed by atoms with Crippen molar-refractivity contribution in [2.75, 3.05) is 0 Å². The average Bonchev–Trinajstić information content (AvgIpc) is 2.98. The standard InChI is InChI=1S/C14H10Cl3N2O2/c1-19-13(14(15,16)17)21-12(18-19)7-6-10-8-9-4-2-3-5-11(9)20-10/h2-8H,1H3/q+1. The van der Waals surface area contributed by atoms with Crippen molar-refractivity contribution in [2.24, 2.45) is 7.05 Å². The van der Waals surface area contributed by atoms with Gasteiger partial charge in [-0.25, -0.2) is 0 Å². The molecular formula is C14H10Cl3N2O2+. The highest BCUT2D eigenvalue weighted by Gasteiger charge is 2.39. The van der Waals surface area contributed by atoms with Crippen molar-refractivity contribution < 1.29 is 13.5 Å². The molecule has 1 aromatic carbocycles. The number of fused-ring (bicyclic) bond motifs is 1. The minimum absolute atomic E-state index is 0.136. The Kier molecular flexibility index (Phi) is 3.69. The molecule has 0 unspecified atom stereocenters. The van der Waals surface area contributed by atoms with Crippen LogP contribution in [0.25, 0.3) is 23.1 Å². The van der Waals surface area contributed by atoms with Gasteiger partial charge in [-0.15, -0.1) is 0 Å². The molecule has 2 aromatic heterocycles. The van der Waals surface area contributed by atoms with E-state index < -0.39 is 3.79 Å². The van der Waals surface area contributed by atoms with Gasteiger partial charge in [0.1, 0.15) is 11.3 Å². The van der Waals surface area contributed by atoms with Crippen LogP contribution in [0.5, 0.6) is 0 Å². The van der Waals surface area contributed by atoms with E-state index in [1.54, 1.807) is 19.2 Å². The van der Waals surface area contributed by atoms with Crippen molar-refractivity contribution in [3.05, 3.63) is 47.9 Å². The largest absolute Gasteiger partial charge is 0.457 e. The summed E-state index contributed by atoms with van der Waals surface area (Å²) in [5.41, 5.74) is 0.817. The molecule has 21 heavy (non-hydrogen) atoms. The maximum atomic E-state index is 5.78. The number of alkyl halides is 3. The van der Waals surface area contributed by atoms with Gasteiger partial charge in [-0.05, 0) is 22.9 Å². The Morgan fingerprint density at radius 2 is 1.90 bits per heavy atom. The van der Waals surface area contributed by atoms with E-state index >= 15 is 0 Å². The van der Waals surface area contributed by atoms with Gasteiger partial charge in [0.25, 0.3) is 5.89 Å². The molecular weight excluding hydrogens is 335 g/mol. The summed E-state index contributed by atoms with van der Waals surface area (Å²) >= 11 is 17.3. The fourth-order valence-corrected chi connectivity index (χ4v) is 2.41. The molecule has 4 nitrogen and oxygen atoms in total. The number of hydrogen-bond acceptors (Lipinski definition) is 3. The molecule has 3 rings (SSSR count). The summed E-state index contributed by atoms with van der Waals surface area (Å²) in [5.74, 6) is 1.14. The Balaban J connectivity index is 1.89. The van der Waals surface area contributed by atoms with E-state index in [9.17, 15) is 0 Å². The lowest BCUT2D eigenvalue weighted by Crippen LogP contribution is -2.37. The van der Waals surface area contributed by atoms with E-state index in [0.29, 0.717) is 11.7 Å². The SMILES string of the molecule is C[n+]1nc(C=Cc2cc3ccccc3o2)oc1C(Cl)(Cl)Cl. The minimum Gasteiger partial charge on any atom is -0.457 e. The molecule has 0 atom stereocenters. The van der Waals surface area contributed by atoms with Crippen LogP contribution in [-0.4, -0.2) is 5.10 Å². The van der Waals surface area contributed by atoms with Crippen molar-refractivity contribution >= 4 is 57.9 Å². The third-order valence-corrected chi connectivity index (χ3v) is 3.31. The van der Waals surface area contributed by atoms with Gasteiger partial charge in [0.05, 0.1) is 0 Å². The zero-order valence-electron chi connectivity index (χ0n) is 10.9. The van der Waals surface area contributed by atoms with Gasteiger partial charge in [-0.2, -0.15) is 0 Å². The second kappa shape index (κ2) is 5.37. The molecule has 0 spiro atoms. The Morgan fingerprint density at radius 1 is 1.14 bits per heavy atom.